The van der Waals surface area contributed by atoms with Gasteiger partial charge in [-0.25, -0.2) is 0 Å². The van der Waals surface area contributed by atoms with E-state index in [0.29, 0.717) is 16.5 Å². The highest BCUT2D eigenvalue weighted by molar-refractivity contribution is 6.31. The van der Waals surface area contributed by atoms with Crippen LogP contribution in [0.2, 0.25) is 5.02 Å². The molecule has 1 aromatic carbocycles. The molecule has 1 aromatic rings. The van der Waals surface area contributed by atoms with Crippen LogP contribution >= 0.6 is 11.6 Å². The summed E-state index contributed by atoms with van der Waals surface area (Å²) in [6.45, 7) is 1.99. The monoisotopic (exact) mass is 381 g/mol. The molecule has 0 atom stereocenters. The molecular formula is C19H28ClN3O3. The van der Waals surface area contributed by atoms with Crippen LogP contribution in [0.3, 0.4) is 0 Å². The molecule has 1 heterocycles. The van der Waals surface area contributed by atoms with Crippen LogP contribution < -0.4 is 10.1 Å². The summed E-state index contributed by atoms with van der Waals surface area (Å²) in [4.78, 5) is 28.4. The Bertz CT molecular complexity index is 616. The molecule has 7 heteroatoms. The zero-order valence-corrected chi connectivity index (χ0v) is 16.3. The number of hydrogen-bond donors (Lipinski definition) is 1. The van der Waals surface area contributed by atoms with Gasteiger partial charge in [-0.15, -0.1) is 0 Å². The van der Waals surface area contributed by atoms with Gasteiger partial charge < -0.3 is 15.0 Å². The third-order valence-corrected chi connectivity index (χ3v) is 4.70. The lowest BCUT2D eigenvalue weighted by Crippen LogP contribution is -2.42. The summed E-state index contributed by atoms with van der Waals surface area (Å²) >= 11 is 5.98. The predicted octanol–water partition coefficient (Wildman–Crippen LogP) is 3.01. The molecule has 2 rings (SSSR count). The number of methoxy groups -OCH3 is 1. The van der Waals surface area contributed by atoms with Crippen molar-refractivity contribution in [3.05, 3.63) is 23.2 Å². The minimum atomic E-state index is -0.214. The van der Waals surface area contributed by atoms with E-state index in [1.807, 2.05) is 4.90 Å². The summed E-state index contributed by atoms with van der Waals surface area (Å²) < 4.78 is 5.22. The molecule has 26 heavy (non-hydrogen) atoms. The molecule has 1 fully saturated rings. The minimum absolute atomic E-state index is 0.0857. The fourth-order valence-electron chi connectivity index (χ4n) is 3.10. The Hall–Kier alpha value is -1.79. The number of halogens is 1. The smallest absolute Gasteiger partial charge is 0.238 e. The number of benzene rings is 1. The van der Waals surface area contributed by atoms with E-state index >= 15 is 0 Å². The molecule has 1 saturated heterocycles. The van der Waals surface area contributed by atoms with Crippen LogP contribution in [0.25, 0.3) is 0 Å². The number of hydrogen-bond acceptors (Lipinski definition) is 4. The van der Waals surface area contributed by atoms with Crippen molar-refractivity contribution in [3.8, 4) is 5.75 Å². The van der Waals surface area contributed by atoms with Crippen molar-refractivity contribution in [3.63, 3.8) is 0 Å². The van der Waals surface area contributed by atoms with E-state index in [4.69, 9.17) is 16.3 Å². The Morgan fingerprint density at radius 2 is 1.81 bits per heavy atom. The molecule has 1 aliphatic heterocycles. The normalized spacial score (nSPS) is 15.3. The first-order valence-electron chi connectivity index (χ1n) is 9.09. The van der Waals surface area contributed by atoms with Crippen LogP contribution in [0.5, 0.6) is 5.75 Å². The number of carbonyl (C=O) groups is 2. The first kappa shape index (κ1) is 20.5. The summed E-state index contributed by atoms with van der Waals surface area (Å²) in [7, 11) is 3.31. The lowest BCUT2D eigenvalue weighted by atomic mass is 10.1. The second-order valence-corrected chi connectivity index (χ2v) is 7.15. The highest BCUT2D eigenvalue weighted by Gasteiger charge is 2.18. The van der Waals surface area contributed by atoms with Gasteiger partial charge in [-0.05, 0) is 38.1 Å². The maximum Gasteiger partial charge on any atom is 0.238 e. The number of likely N-dealkylation sites (N-methyl/N-ethyl adjacent to an activating group) is 1. The van der Waals surface area contributed by atoms with Crippen molar-refractivity contribution in [1.82, 2.24) is 9.80 Å². The Kier molecular flexibility index (Phi) is 8.19. The van der Waals surface area contributed by atoms with Gasteiger partial charge >= 0.3 is 0 Å². The molecular weight excluding hydrogens is 354 g/mol. The van der Waals surface area contributed by atoms with Crippen LogP contribution in [0.15, 0.2) is 18.2 Å². The van der Waals surface area contributed by atoms with E-state index in [2.05, 4.69) is 5.32 Å². The van der Waals surface area contributed by atoms with Crippen LogP contribution in [-0.4, -0.2) is 62.0 Å². The summed E-state index contributed by atoms with van der Waals surface area (Å²) in [5, 5.41) is 3.30. The fourth-order valence-corrected chi connectivity index (χ4v) is 3.27. The Morgan fingerprint density at radius 1 is 1.15 bits per heavy atom. The average molecular weight is 382 g/mol. The number of amides is 2. The van der Waals surface area contributed by atoms with E-state index in [-0.39, 0.29) is 24.9 Å². The van der Waals surface area contributed by atoms with E-state index in [1.54, 1.807) is 30.1 Å². The van der Waals surface area contributed by atoms with Crippen molar-refractivity contribution in [2.75, 3.05) is 45.7 Å². The third-order valence-electron chi connectivity index (χ3n) is 4.46. The molecule has 144 valence electrons. The first-order chi connectivity index (χ1) is 12.5. The molecule has 0 aliphatic carbocycles. The Morgan fingerprint density at radius 3 is 2.46 bits per heavy atom. The second-order valence-electron chi connectivity index (χ2n) is 6.71. The number of ether oxygens (including phenoxy) is 1. The van der Waals surface area contributed by atoms with Crippen LogP contribution in [0.1, 0.15) is 32.1 Å². The zero-order valence-electron chi connectivity index (χ0n) is 15.6. The minimum Gasteiger partial charge on any atom is -0.495 e. The number of carbonyl (C=O) groups excluding carboxylic acids is 2. The summed E-state index contributed by atoms with van der Waals surface area (Å²) in [5.41, 5.74) is 0.522. The van der Waals surface area contributed by atoms with Crippen LogP contribution in [0, 0.1) is 0 Å². The van der Waals surface area contributed by atoms with E-state index in [1.165, 1.54) is 26.4 Å². The van der Waals surface area contributed by atoms with E-state index in [0.717, 1.165) is 25.9 Å². The van der Waals surface area contributed by atoms with Gasteiger partial charge in [-0.2, -0.15) is 0 Å². The molecule has 0 bridgehead atoms. The second kappa shape index (κ2) is 10.4. The highest BCUT2D eigenvalue weighted by atomic mass is 35.5. The quantitative estimate of drug-likeness (QED) is 0.822. The molecule has 0 unspecified atom stereocenters. The topological polar surface area (TPSA) is 61.9 Å². The van der Waals surface area contributed by atoms with Crippen molar-refractivity contribution in [2.24, 2.45) is 0 Å². The van der Waals surface area contributed by atoms with Gasteiger partial charge in [0.15, 0.2) is 0 Å². The average Bonchev–Trinajstić information content (AvgIpc) is 2.54. The van der Waals surface area contributed by atoms with Crippen molar-refractivity contribution >= 4 is 29.1 Å². The van der Waals surface area contributed by atoms with Crippen molar-refractivity contribution < 1.29 is 14.3 Å². The summed E-state index contributed by atoms with van der Waals surface area (Å²) in [5.74, 6) is 0.415. The molecule has 1 aliphatic rings. The maximum atomic E-state index is 12.5. The summed E-state index contributed by atoms with van der Waals surface area (Å²) in [6.07, 6.45) is 5.75. The first-order valence-corrected chi connectivity index (χ1v) is 9.47. The highest BCUT2D eigenvalue weighted by Crippen LogP contribution is 2.27. The van der Waals surface area contributed by atoms with Gasteiger partial charge in [0.05, 0.1) is 25.9 Å². The molecule has 0 aromatic heterocycles. The number of nitrogens with zero attached hydrogens (tertiary/aromatic N) is 2. The third kappa shape index (κ3) is 6.50. The predicted molar refractivity (Wildman–Crippen MR) is 104 cm³/mol. The van der Waals surface area contributed by atoms with Crippen LogP contribution in [-0.2, 0) is 9.59 Å². The Labute approximate surface area is 160 Å². The van der Waals surface area contributed by atoms with Gasteiger partial charge in [0.2, 0.25) is 11.8 Å². The molecule has 1 N–H and O–H groups in total. The Balaban J connectivity index is 1.84. The lowest BCUT2D eigenvalue weighted by Gasteiger charge is -2.27. The van der Waals surface area contributed by atoms with E-state index in [9.17, 15) is 9.59 Å². The van der Waals surface area contributed by atoms with Gasteiger partial charge in [0, 0.05) is 18.1 Å². The SMILES string of the molecule is COc1ccc(Cl)cc1NC(=O)CN(C)CC(=O)N1CCCCCCC1. The molecule has 2 amide bonds. The number of anilines is 1. The summed E-state index contributed by atoms with van der Waals surface area (Å²) in [6, 6.07) is 5.04. The van der Waals surface area contributed by atoms with Gasteiger partial charge in [-0.3, -0.25) is 14.5 Å². The lowest BCUT2D eigenvalue weighted by molar-refractivity contribution is -0.132. The van der Waals surface area contributed by atoms with Crippen LogP contribution in [0.4, 0.5) is 5.69 Å². The van der Waals surface area contributed by atoms with Crippen molar-refractivity contribution in [1.29, 1.82) is 0 Å². The maximum absolute atomic E-state index is 12.5. The molecule has 0 saturated carbocycles. The largest absolute Gasteiger partial charge is 0.495 e. The molecule has 6 nitrogen and oxygen atoms in total. The number of likely N-dealkylation sites (tertiary alicyclic amines) is 1. The number of nitrogens with one attached hydrogen (secondary N) is 1. The standard InChI is InChI=1S/C19H28ClN3O3/c1-22(14-19(25)23-10-6-4-3-5-7-11-23)13-18(24)21-16-12-15(20)8-9-17(16)26-2/h8-9,12H,3-7,10-11,13-14H2,1-2H3,(H,21,24). The fraction of sp³-hybridized carbons (Fsp3) is 0.579. The van der Waals surface area contributed by atoms with Gasteiger partial charge in [-0.1, -0.05) is 30.9 Å². The number of rotatable bonds is 6. The van der Waals surface area contributed by atoms with Gasteiger partial charge in [0.1, 0.15) is 5.75 Å². The zero-order chi connectivity index (χ0) is 18.9. The molecule has 0 spiro atoms. The molecule has 0 radical (unpaired) electrons. The van der Waals surface area contributed by atoms with Crippen molar-refractivity contribution in [2.45, 2.75) is 32.1 Å². The van der Waals surface area contributed by atoms with E-state index < -0.39 is 0 Å². The van der Waals surface area contributed by atoms with Gasteiger partial charge in [0.25, 0.3) is 0 Å².